The van der Waals surface area contributed by atoms with Gasteiger partial charge < -0.3 is 10.1 Å². The average molecular weight is 397 g/mol. The molecular formula is C26H23NO3. The Morgan fingerprint density at radius 1 is 0.833 bits per heavy atom. The molecule has 1 N–H and O–H groups in total. The first-order chi connectivity index (χ1) is 14.6. The molecule has 4 nitrogen and oxygen atoms in total. The SMILES string of the molecule is COC(=O)[C@H](Cc1ccc2ccccc2c1-c1cccc2ccccc12)NC(C)=O. The molecule has 0 radical (unpaired) electrons. The minimum Gasteiger partial charge on any atom is -0.467 e. The first-order valence-corrected chi connectivity index (χ1v) is 9.92. The largest absolute Gasteiger partial charge is 0.467 e. The molecule has 0 spiro atoms. The molecular weight excluding hydrogens is 374 g/mol. The number of esters is 1. The Bertz CT molecular complexity index is 1240. The maximum atomic E-state index is 12.3. The summed E-state index contributed by atoms with van der Waals surface area (Å²) in [7, 11) is 1.34. The number of carbonyl (C=O) groups is 2. The van der Waals surface area contributed by atoms with Crippen LogP contribution in [-0.2, 0) is 20.7 Å². The van der Waals surface area contributed by atoms with E-state index in [1.165, 1.54) is 14.0 Å². The number of rotatable bonds is 5. The van der Waals surface area contributed by atoms with Crippen LogP contribution in [-0.4, -0.2) is 25.0 Å². The average Bonchev–Trinajstić information content (AvgIpc) is 2.77. The Hall–Kier alpha value is -3.66. The normalized spacial score (nSPS) is 11.9. The highest BCUT2D eigenvalue weighted by atomic mass is 16.5. The molecule has 0 unspecified atom stereocenters. The molecule has 4 aromatic rings. The molecule has 0 fully saturated rings. The van der Waals surface area contributed by atoms with E-state index in [1.54, 1.807) is 0 Å². The molecule has 0 saturated heterocycles. The highest BCUT2D eigenvalue weighted by Gasteiger charge is 2.23. The second-order valence-electron chi connectivity index (χ2n) is 7.33. The number of ether oxygens (including phenoxy) is 1. The van der Waals surface area contributed by atoms with Gasteiger partial charge in [0.1, 0.15) is 6.04 Å². The third kappa shape index (κ3) is 3.77. The first-order valence-electron chi connectivity index (χ1n) is 9.92. The minimum absolute atomic E-state index is 0.266. The molecule has 0 bridgehead atoms. The Kier molecular flexibility index (Phi) is 5.48. The van der Waals surface area contributed by atoms with E-state index in [9.17, 15) is 9.59 Å². The molecule has 0 aliphatic rings. The van der Waals surface area contributed by atoms with Crippen molar-refractivity contribution in [2.24, 2.45) is 0 Å². The molecule has 4 rings (SSSR count). The van der Waals surface area contributed by atoms with Crippen LogP contribution < -0.4 is 5.32 Å². The van der Waals surface area contributed by atoms with Gasteiger partial charge in [0.15, 0.2) is 0 Å². The van der Waals surface area contributed by atoms with E-state index in [0.29, 0.717) is 6.42 Å². The van der Waals surface area contributed by atoms with Crippen molar-refractivity contribution in [3.8, 4) is 11.1 Å². The lowest BCUT2D eigenvalue weighted by Crippen LogP contribution is -2.42. The van der Waals surface area contributed by atoms with Crippen LogP contribution in [0.1, 0.15) is 12.5 Å². The number of hydrogen-bond acceptors (Lipinski definition) is 3. The molecule has 1 atom stereocenters. The quantitative estimate of drug-likeness (QED) is 0.488. The summed E-state index contributed by atoms with van der Waals surface area (Å²) in [5.41, 5.74) is 3.16. The molecule has 150 valence electrons. The van der Waals surface area contributed by atoms with Crippen molar-refractivity contribution in [1.82, 2.24) is 5.32 Å². The van der Waals surface area contributed by atoms with Gasteiger partial charge in [-0.3, -0.25) is 4.79 Å². The van der Waals surface area contributed by atoms with Crippen LogP contribution in [0, 0.1) is 0 Å². The van der Waals surface area contributed by atoms with Crippen molar-refractivity contribution in [3.63, 3.8) is 0 Å². The van der Waals surface area contributed by atoms with Gasteiger partial charge in [-0.15, -0.1) is 0 Å². The second kappa shape index (κ2) is 8.37. The minimum atomic E-state index is -0.748. The fourth-order valence-corrected chi connectivity index (χ4v) is 4.05. The summed E-state index contributed by atoms with van der Waals surface area (Å²) in [6, 6.07) is 26.1. The number of benzene rings is 4. The van der Waals surface area contributed by atoms with Gasteiger partial charge >= 0.3 is 5.97 Å². The first kappa shape index (κ1) is 19.6. The third-order valence-electron chi connectivity index (χ3n) is 5.36. The lowest BCUT2D eigenvalue weighted by molar-refractivity contribution is -0.144. The van der Waals surface area contributed by atoms with E-state index >= 15 is 0 Å². The van der Waals surface area contributed by atoms with Gasteiger partial charge in [-0.1, -0.05) is 78.9 Å². The third-order valence-corrected chi connectivity index (χ3v) is 5.36. The van der Waals surface area contributed by atoms with Gasteiger partial charge in [0.2, 0.25) is 5.91 Å². The number of nitrogens with one attached hydrogen (secondary N) is 1. The van der Waals surface area contributed by atoms with E-state index in [0.717, 1.165) is 38.2 Å². The molecule has 0 heterocycles. The highest BCUT2D eigenvalue weighted by molar-refractivity contribution is 6.06. The number of methoxy groups -OCH3 is 1. The number of amides is 1. The Labute approximate surface area is 175 Å². The monoisotopic (exact) mass is 397 g/mol. The van der Waals surface area contributed by atoms with Crippen molar-refractivity contribution < 1.29 is 14.3 Å². The van der Waals surface area contributed by atoms with Crippen molar-refractivity contribution >= 4 is 33.4 Å². The lowest BCUT2D eigenvalue weighted by atomic mass is 9.88. The Morgan fingerprint density at radius 3 is 2.17 bits per heavy atom. The van der Waals surface area contributed by atoms with Crippen LogP contribution in [0.3, 0.4) is 0 Å². The zero-order chi connectivity index (χ0) is 21.1. The van der Waals surface area contributed by atoms with Crippen LogP contribution >= 0.6 is 0 Å². The zero-order valence-electron chi connectivity index (χ0n) is 17.0. The second-order valence-corrected chi connectivity index (χ2v) is 7.33. The van der Waals surface area contributed by atoms with Crippen LogP contribution in [0.4, 0.5) is 0 Å². The molecule has 0 aliphatic heterocycles. The van der Waals surface area contributed by atoms with E-state index in [-0.39, 0.29) is 5.91 Å². The molecule has 0 saturated carbocycles. The highest BCUT2D eigenvalue weighted by Crippen LogP contribution is 2.37. The van der Waals surface area contributed by atoms with E-state index in [4.69, 9.17) is 4.74 Å². The molecule has 0 aliphatic carbocycles. The maximum Gasteiger partial charge on any atom is 0.328 e. The van der Waals surface area contributed by atoms with Gasteiger partial charge in [-0.05, 0) is 38.2 Å². The number of hydrogen-bond donors (Lipinski definition) is 1. The van der Waals surface area contributed by atoms with Crippen LogP contribution in [0.2, 0.25) is 0 Å². The van der Waals surface area contributed by atoms with Gasteiger partial charge in [0, 0.05) is 13.3 Å². The lowest BCUT2D eigenvalue weighted by Gasteiger charge is -2.20. The van der Waals surface area contributed by atoms with E-state index in [2.05, 4.69) is 53.8 Å². The van der Waals surface area contributed by atoms with Gasteiger partial charge in [-0.25, -0.2) is 4.79 Å². The van der Waals surface area contributed by atoms with E-state index in [1.807, 2.05) is 30.3 Å². The van der Waals surface area contributed by atoms with Gasteiger partial charge in [-0.2, -0.15) is 0 Å². The molecule has 0 aromatic heterocycles. The van der Waals surface area contributed by atoms with Crippen molar-refractivity contribution in [3.05, 3.63) is 84.4 Å². The Balaban J connectivity index is 1.95. The summed E-state index contributed by atoms with van der Waals surface area (Å²) in [6.45, 7) is 1.40. The standard InChI is InChI=1S/C26H23NO3/c1-17(28)27-24(26(29)30-2)16-20-15-14-19-9-4-6-12-22(19)25(20)23-13-7-10-18-8-3-5-11-21(18)23/h3-15,24H,16H2,1-2H3,(H,27,28)/t24-/m0/s1. The maximum absolute atomic E-state index is 12.3. The van der Waals surface area contributed by atoms with Crippen LogP contribution in [0.5, 0.6) is 0 Å². The van der Waals surface area contributed by atoms with Gasteiger partial charge in [0.05, 0.1) is 7.11 Å². The van der Waals surface area contributed by atoms with Crippen LogP contribution in [0.15, 0.2) is 78.9 Å². The molecule has 4 aromatic carbocycles. The van der Waals surface area contributed by atoms with Crippen molar-refractivity contribution in [2.75, 3.05) is 7.11 Å². The Morgan fingerprint density at radius 2 is 1.47 bits per heavy atom. The number of fused-ring (bicyclic) bond motifs is 2. The molecule has 1 amide bonds. The topological polar surface area (TPSA) is 55.4 Å². The van der Waals surface area contributed by atoms with Gasteiger partial charge in [0.25, 0.3) is 0 Å². The van der Waals surface area contributed by atoms with Crippen molar-refractivity contribution in [1.29, 1.82) is 0 Å². The predicted octanol–water partition coefficient (Wildman–Crippen LogP) is 4.88. The summed E-state index contributed by atoms with van der Waals surface area (Å²) >= 11 is 0. The zero-order valence-corrected chi connectivity index (χ0v) is 17.0. The smallest absolute Gasteiger partial charge is 0.328 e. The van der Waals surface area contributed by atoms with Crippen molar-refractivity contribution in [2.45, 2.75) is 19.4 Å². The predicted molar refractivity (Wildman–Crippen MR) is 120 cm³/mol. The molecule has 30 heavy (non-hydrogen) atoms. The molecule has 4 heteroatoms. The summed E-state index contributed by atoms with van der Waals surface area (Å²) in [4.78, 5) is 24.0. The summed E-state index contributed by atoms with van der Waals surface area (Å²) in [6.07, 6.45) is 0.343. The van der Waals surface area contributed by atoms with Crippen LogP contribution in [0.25, 0.3) is 32.7 Å². The van der Waals surface area contributed by atoms with E-state index < -0.39 is 12.0 Å². The summed E-state index contributed by atoms with van der Waals surface area (Å²) in [5.74, 6) is -0.722. The summed E-state index contributed by atoms with van der Waals surface area (Å²) < 4.78 is 4.94. The number of carbonyl (C=O) groups excluding carboxylic acids is 2. The fourth-order valence-electron chi connectivity index (χ4n) is 4.05. The fraction of sp³-hybridized carbons (Fsp3) is 0.154. The summed E-state index contributed by atoms with van der Waals surface area (Å²) in [5, 5.41) is 7.26.